The molecule has 11 heteroatoms. The van der Waals surface area contributed by atoms with Crippen molar-refractivity contribution >= 4 is 21.6 Å². The minimum Gasteiger partial charge on any atom is -0.322 e. The van der Waals surface area contributed by atoms with Crippen LogP contribution in [0.2, 0.25) is 0 Å². The average Bonchev–Trinajstić information content (AvgIpc) is 2.96. The van der Waals surface area contributed by atoms with Crippen molar-refractivity contribution in [2.24, 2.45) is 0 Å². The zero-order valence-electron chi connectivity index (χ0n) is 14.7. The van der Waals surface area contributed by atoms with E-state index in [1.807, 2.05) is 0 Å². The fraction of sp³-hybridized carbons (Fsp3) is 0.278. The second-order valence-electron chi connectivity index (χ2n) is 6.64. The normalized spacial score (nSPS) is 18.6. The molecule has 0 aromatic heterocycles. The summed E-state index contributed by atoms with van der Waals surface area (Å²) in [7, 11) is -4.29. The van der Waals surface area contributed by atoms with Crippen LogP contribution in [0.15, 0.2) is 41.3 Å². The molecular weight excluding hydrogens is 419 g/mol. The van der Waals surface area contributed by atoms with E-state index in [2.05, 4.69) is 10.0 Å². The smallest absolute Gasteiger partial charge is 0.258 e. The molecule has 1 saturated carbocycles. The van der Waals surface area contributed by atoms with Crippen LogP contribution in [0.4, 0.5) is 27.6 Å². The Bertz CT molecular complexity index is 1060. The van der Waals surface area contributed by atoms with E-state index in [1.165, 1.54) is 0 Å². The predicted molar refractivity (Wildman–Crippen MR) is 93.6 cm³/mol. The van der Waals surface area contributed by atoms with Gasteiger partial charge in [0.25, 0.3) is 5.91 Å². The molecule has 0 spiro atoms. The summed E-state index contributed by atoms with van der Waals surface area (Å²) in [6.07, 6.45) is -1.17. The largest absolute Gasteiger partial charge is 0.322 e. The van der Waals surface area contributed by atoms with E-state index in [-0.39, 0.29) is 12.1 Å². The van der Waals surface area contributed by atoms with E-state index in [4.69, 9.17) is 0 Å². The molecule has 1 atom stereocenters. The van der Waals surface area contributed by atoms with Gasteiger partial charge in [-0.25, -0.2) is 35.1 Å². The lowest BCUT2D eigenvalue weighted by Gasteiger charge is -2.14. The van der Waals surface area contributed by atoms with Gasteiger partial charge in [0, 0.05) is 30.6 Å². The molecule has 5 nitrogen and oxygen atoms in total. The van der Waals surface area contributed by atoms with Gasteiger partial charge in [-0.15, -0.1) is 0 Å². The molecule has 3 rings (SSSR count). The van der Waals surface area contributed by atoms with Gasteiger partial charge in [-0.3, -0.25) is 4.79 Å². The Balaban J connectivity index is 1.81. The molecule has 0 aliphatic heterocycles. The van der Waals surface area contributed by atoms with E-state index >= 15 is 0 Å². The van der Waals surface area contributed by atoms with Crippen molar-refractivity contribution in [1.29, 1.82) is 0 Å². The van der Waals surface area contributed by atoms with Gasteiger partial charge < -0.3 is 5.32 Å². The number of benzene rings is 2. The highest BCUT2D eigenvalue weighted by Crippen LogP contribution is 2.35. The maximum Gasteiger partial charge on any atom is 0.258 e. The number of hydrogen-bond acceptors (Lipinski definition) is 3. The first-order valence-electron chi connectivity index (χ1n) is 8.43. The summed E-state index contributed by atoms with van der Waals surface area (Å²) in [5, 5.41) is 2.13. The molecule has 0 heterocycles. The quantitative estimate of drug-likeness (QED) is 0.703. The molecule has 156 valence electrons. The zero-order valence-corrected chi connectivity index (χ0v) is 15.5. The van der Waals surface area contributed by atoms with E-state index < -0.39 is 68.6 Å². The molecule has 1 amide bonds. The number of hydrogen-bond donors (Lipinski definition) is 2. The molecule has 1 aliphatic rings. The number of sulfonamides is 1. The summed E-state index contributed by atoms with van der Waals surface area (Å²) in [5.74, 6) is -7.51. The lowest BCUT2D eigenvalue weighted by atomic mass is 10.2. The molecule has 2 aromatic carbocycles. The van der Waals surface area contributed by atoms with Crippen molar-refractivity contribution < 1.29 is 35.2 Å². The topological polar surface area (TPSA) is 75.3 Å². The Labute approximate surface area is 163 Å². The number of anilines is 1. The highest BCUT2D eigenvalue weighted by Gasteiger charge is 2.41. The molecule has 2 N–H and O–H groups in total. The van der Waals surface area contributed by atoms with Gasteiger partial charge in [-0.1, -0.05) is 0 Å². The number of amides is 1. The van der Waals surface area contributed by atoms with Crippen molar-refractivity contribution in [3.8, 4) is 0 Å². The zero-order chi connectivity index (χ0) is 21.4. The Kier molecular flexibility index (Phi) is 5.63. The van der Waals surface area contributed by atoms with Crippen molar-refractivity contribution in [2.45, 2.75) is 36.1 Å². The third-order valence-electron chi connectivity index (χ3n) is 4.40. The third kappa shape index (κ3) is 4.91. The molecule has 1 fully saturated rings. The summed E-state index contributed by atoms with van der Waals surface area (Å²) in [6, 6.07) is 3.84. The Morgan fingerprint density at radius 3 is 2.31 bits per heavy atom. The molecular formula is C18H15F5N2O3S. The van der Waals surface area contributed by atoms with Crippen molar-refractivity contribution in [1.82, 2.24) is 4.72 Å². The van der Waals surface area contributed by atoms with Crippen LogP contribution in [-0.2, 0) is 10.0 Å². The summed E-state index contributed by atoms with van der Waals surface area (Å²) < 4.78 is 93.8. The van der Waals surface area contributed by atoms with Crippen LogP contribution in [0.5, 0.6) is 0 Å². The Hall–Kier alpha value is -2.53. The first-order chi connectivity index (χ1) is 13.5. The van der Waals surface area contributed by atoms with Crippen LogP contribution < -0.4 is 10.0 Å². The maximum atomic E-state index is 14.1. The third-order valence-corrected chi connectivity index (χ3v) is 5.91. The van der Waals surface area contributed by atoms with E-state index in [0.29, 0.717) is 6.07 Å². The van der Waals surface area contributed by atoms with E-state index in [0.717, 1.165) is 30.3 Å². The van der Waals surface area contributed by atoms with Gasteiger partial charge in [0.2, 0.25) is 15.9 Å². The summed E-state index contributed by atoms with van der Waals surface area (Å²) >= 11 is 0. The van der Waals surface area contributed by atoms with Crippen LogP contribution >= 0.6 is 0 Å². The average molecular weight is 434 g/mol. The lowest BCUT2D eigenvalue weighted by molar-refractivity contribution is 0.00760. The highest BCUT2D eigenvalue weighted by atomic mass is 32.2. The molecule has 29 heavy (non-hydrogen) atoms. The van der Waals surface area contributed by atoms with Gasteiger partial charge >= 0.3 is 0 Å². The van der Waals surface area contributed by atoms with Gasteiger partial charge in [-0.2, -0.15) is 0 Å². The van der Waals surface area contributed by atoms with Crippen LogP contribution in [-0.4, -0.2) is 26.3 Å². The van der Waals surface area contributed by atoms with Gasteiger partial charge in [0.1, 0.15) is 5.82 Å². The predicted octanol–water partition coefficient (Wildman–Crippen LogP) is 3.82. The van der Waals surface area contributed by atoms with E-state index in [9.17, 15) is 35.2 Å². The number of carbonyl (C=O) groups is 1. The second kappa shape index (κ2) is 7.71. The van der Waals surface area contributed by atoms with Gasteiger partial charge in [0.05, 0.1) is 10.5 Å². The standard InChI is InChI=1S/C18H15F5N2O3S/c19-14-4-2-12(29(27,28)25-11-5-6-18(22,23)9-11)8-13(14)17(26)24-10-1-3-15(20)16(21)7-10/h1-4,7-8,11,25H,5-6,9H2,(H,24,26). The number of alkyl halides is 2. The fourth-order valence-corrected chi connectivity index (χ4v) is 4.25. The van der Waals surface area contributed by atoms with E-state index in [1.54, 1.807) is 0 Å². The van der Waals surface area contributed by atoms with Gasteiger partial charge in [-0.05, 0) is 36.8 Å². The summed E-state index contributed by atoms with van der Waals surface area (Å²) in [4.78, 5) is 11.8. The SMILES string of the molecule is O=C(Nc1ccc(F)c(F)c1)c1cc(S(=O)(=O)NC2CCC(F)(F)C2)ccc1F. The molecule has 0 radical (unpaired) electrons. The first kappa shape index (κ1) is 21.2. The molecule has 0 bridgehead atoms. The molecule has 1 aliphatic carbocycles. The monoisotopic (exact) mass is 434 g/mol. The first-order valence-corrected chi connectivity index (χ1v) is 9.91. The van der Waals surface area contributed by atoms with Crippen LogP contribution in [0.1, 0.15) is 29.6 Å². The summed E-state index contributed by atoms with van der Waals surface area (Å²) in [6.45, 7) is 0. The second-order valence-corrected chi connectivity index (χ2v) is 8.36. The van der Waals surface area contributed by atoms with Crippen molar-refractivity contribution in [3.63, 3.8) is 0 Å². The van der Waals surface area contributed by atoms with Crippen LogP contribution in [0.25, 0.3) is 0 Å². The van der Waals surface area contributed by atoms with Gasteiger partial charge in [0.15, 0.2) is 11.6 Å². The minimum atomic E-state index is -4.29. The number of rotatable bonds is 5. The van der Waals surface area contributed by atoms with Crippen molar-refractivity contribution in [3.05, 3.63) is 59.4 Å². The van der Waals surface area contributed by atoms with Crippen LogP contribution in [0, 0.1) is 17.5 Å². The maximum absolute atomic E-state index is 14.1. The minimum absolute atomic E-state index is 0.0586. The van der Waals surface area contributed by atoms with Crippen molar-refractivity contribution in [2.75, 3.05) is 5.32 Å². The number of nitrogens with one attached hydrogen (secondary N) is 2. The summed E-state index contributed by atoms with van der Waals surface area (Å²) in [5.41, 5.74) is -0.845. The fourth-order valence-electron chi connectivity index (χ4n) is 2.96. The molecule has 1 unspecified atom stereocenters. The number of halogens is 5. The highest BCUT2D eigenvalue weighted by molar-refractivity contribution is 7.89. The Morgan fingerprint density at radius 1 is 1.00 bits per heavy atom. The molecule has 2 aromatic rings. The van der Waals surface area contributed by atoms with Crippen LogP contribution in [0.3, 0.4) is 0 Å². The lowest BCUT2D eigenvalue weighted by Crippen LogP contribution is -2.34. The molecule has 0 saturated heterocycles. The number of carbonyl (C=O) groups excluding carboxylic acids is 1. The Morgan fingerprint density at radius 2 is 1.69 bits per heavy atom.